The fourth-order valence-corrected chi connectivity index (χ4v) is 4.44. The van der Waals surface area contributed by atoms with Gasteiger partial charge in [-0.1, -0.05) is 0 Å². The van der Waals surface area contributed by atoms with Crippen LogP contribution in [0.1, 0.15) is 30.4 Å². The maximum Gasteiger partial charge on any atom is 0.127 e. The van der Waals surface area contributed by atoms with E-state index in [-0.39, 0.29) is 11.9 Å². The second-order valence-electron chi connectivity index (χ2n) is 6.00. The summed E-state index contributed by atoms with van der Waals surface area (Å²) in [4.78, 5) is 2.36. The van der Waals surface area contributed by atoms with Gasteiger partial charge in [-0.05, 0) is 43.2 Å². The summed E-state index contributed by atoms with van der Waals surface area (Å²) < 4.78 is 19.9. The molecule has 118 valence electrons. The van der Waals surface area contributed by atoms with Gasteiger partial charge in [0.05, 0.1) is 17.7 Å². The molecule has 1 aromatic carbocycles. The molecule has 0 amide bonds. The van der Waals surface area contributed by atoms with Crippen molar-refractivity contribution in [2.45, 2.75) is 38.0 Å². The van der Waals surface area contributed by atoms with Crippen LogP contribution in [0.4, 0.5) is 4.39 Å². The maximum absolute atomic E-state index is 14.1. The first-order chi connectivity index (χ1) is 10.8. The van der Waals surface area contributed by atoms with E-state index in [0.717, 1.165) is 38.2 Å². The van der Waals surface area contributed by atoms with Crippen LogP contribution in [0.2, 0.25) is 0 Å². The van der Waals surface area contributed by atoms with Crippen LogP contribution in [0, 0.1) is 17.1 Å². The standard InChI is InChI=1S/C17H21FN2OS/c18-17-4-3-13(9-19)8-14(17)10-20(15-5-7-22-12-15)11-16-2-1-6-21-16/h3-4,8,15-16H,1-2,5-7,10-12H2/t15-,16+/m0/s1. The number of nitriles is 1. The Bertz CT molecular complexity index is 548. The van der Waals surface area contributed by atoms with Crippen LogP contribution in [0.15, 0.2) is 18.2 Å². The van der Waals surface area contributed by atoms with Crippen LogP contribution in [0.5, 0.6) is 0 Å². The third kappa shape index (κ3) is 3.81. The molecule has 2 atom stereocenters. The van der Waals surface area contributed by atoms with Crippen LogP contribution in [0.3, 0.4) is 0 Å². The Morgan fingerprint density at radius 3 is 3.00 bits per heavy atom. The van der Waals surface area contributed by atoms with Gasteiger partial charge in [0, 0.05) is 37.1 Å². The average molecular weight is 320 g/mol. The van der Waals surface area contributed by atoms with Crippen molar-refractivity contribution >= 4 is 11.8 Å². The maximum atomic E-state index is 14.1. The molecule has 0 aliphatic carbocycles. The highest BCUT2D eigenvalue weighted by Gasteiger charge is 2.28. The first-order valence-electron chi connectivity index (χ1n) is 7.88. The molecule has 3 rings (SSSR count). The molecule has 0 radical (unpaired) electrons. The molecule has 0 spiro atoms. The molecule has 1 aromatic rings. The molecule has 2 aliphatic rings. The Hall–Kier alpha value is -1.09. The van der Waals surface area contributed by atoms with E-state index < -0.39 is 0 Å². The zero-order chi connectivity index (χ0) is 15.4. The molecule has 0 bridgehead atoms. The summed E-state index contributed by atoms with van der Waals surface area (Å²) in [5.41, 5.74) is 1.14. The highest BCUT2D eigenvalue weighted by molar-refractivity contribution is 7.99. The molecule has 0 saturated carbocycles. The monoisotopic (exact) mass is 320 g/mol. The van der Waals surface area contributed by atoms with Crippen LogP contribution < -0.4 is 0 Å². The normalized spacial score (nSPS) is 24.8. The largest absolute Gasteiger partial charge is 0.377 e. The lowest BCUT2D eigenvalue weighted by molar-refractivity contribution is 0.0571. The lowest BCUT2D eigenvalue weighted by atomic mass is 10.1. The summed E-state index contributed by atoms with van der Waals surface area (Å²) in [6.45, 7) is 2.27. The lowest BCUT2D eigenvalue weighted by Gasteiger charge is -2.30. The number of hydrogen-bond acceptors (Lipinski definition) is 4. The fourth-order valence-electron chi connectivity index (χ4n) is 3.19. The molecule has 22 heavy (non-hydrogen) atoms. The van der Waals surface area contributed by atoms with E-state index in [1.165, 1.54) is 17.9 Å². The molecule has 2 fully saturated rings. The van der Waals surface area contributed by atoms with Crippen molar-refractivity contribution in [3.8, 4) is 6.07 Å². The van der Waals surface area contributed by atoms with Crippen LogP contribution in [0.25, 0.3) is 0 Å². The Morgan fingerprint density at radius 1 is 1.41 bits per heavy atom. The molecule has 5 heteroatoms. The minimum Gasteiger partial charge on any atom is -0.377 e. The predicted octanol–water partition coefficient (Wildman–Crippen LogP) is 3.18. The summed E-state index contributed by atoms with van der Waals surface area (Å²) in [6, 6.07) is 7.20. The van der Waals surface area contributed by atoms with Gasteiger partial charge in [-0.25, -0.2) is 4.39 Å². The minimum atomic E-state index is -0.220. The second-order valence-corrected chi connectivity index (χ2v) is 7.15. The Balaban J connectivity index is 1.75. The Morgan fingerprint density at radius 2 is 2.32 bits per heavy atom. The molecule has 0 unspecified atom stereocenters. The molecule has 0 aromatic heterocycles. The number of thioether (sulfide) groups is 1. The van der Waals surface area contributed by atoms with Crippen molar-refractivity contribution in [2.75, 3.05) is 24.7 Å². The number of hydrogen-bond donors (Lipinski definition) is 0. The number of rotatable bonds is 5. The first kappa shape index (κ1) is 15.8. The summed E-state index contributed by atoms with van der Waals surface area (Å²) in [7, 11) is 0. The van der Waals surface area contributed by atoms with Crippen LogP contribution >= 0.6 is 11.8 Å². The zero-order valence-electron chi connectivity index (χ0n) is 12.6. The van der Waals surface area contributed by atoms with Crippen molar-refractivity contribution in [1.82, 2.24) is 4.90 Å². The van der Waals surface area contributed by atoms with E-state index in [9.17, 15) is 4.39 Å². The van der Waals surface area contributed by atoms with E-state index in [0.29, 0.717) is 23.7 Å². The van der Waals surface area contributed by atoms with Gasteiger partial charge in [-0.15, -0.1) is 0 Å². The number of benzene rings is 1. The molecule has 3 nitrogen and oxygen atoms in total. The Kier molecular flexibility index (Phi) is 5.35. The average Bonchev–Trinajstić information content (AvgIpc) is 3.21. The number of nitrogens with zero attached hydrogens (tertiary/aromatic N) is 2. The Labute approximate surface area is 135 Å². The van der Waals surface area contributed by atoms with Gasteiger partial charge in [-0.2, -0.15) is 17.0 Å². The van der Waals surface area contributed by atoms with Gasteiger partial charge < -0.3 is 4.74 Å². The SMILES string of the molecule is N#Cc1ccc(F)c(CN(C[C@H]2CCCO2)[C@H]2CCSC2)c1. The summed E-state index contributed by atoms with van der Waals surface area (Å²) in [5.74, 6) is 2.06. The van der Waals surface area contributed by atoms with Crippen molar-refractivity contribution in [3.63, 3.8) is 0 Å². The van der Waals surface area contributed by atoms with Crippen molar-refractivity contribution < 1.29 is 9.13 Å². The van der Waals surface area contributed by atoms with E-state index in [4.69, 9.17) is 10.00 Å². The smallest absolute Gasteiger partial charge is 0.127 e. The van der Waals surface area contributed by atoms with Crippen LogP contribution in [-0.2, 0) is 11.3 Å². The predicted molar refractivity (Wildman–Crippen MR) is 86.2 cm³/mol. The van der Waals surface area contributed by atoms with Gasteiger partial charge in [0.2, 0.25) is 0 Å². The first-order valence-corrected chi connectivity index (χ1v) is 9.03. The van der Waals surface area contributed by atoms with Gasteiger partial charge >= 0.3 is 0 Å². The quantitative estimate of drug-likeness (QED) is 0.835. The second kappa shape index (κ2) is 7.45. The van der Waals surface area contributed by atoms with Gasteiger partial charge in [0.25, 0.3) is 0 Å². The van der Waals surface area contributed by atoms with Gasteiger partial charge in [0.15, 0.2) is 0 Å². The highest BCUT2D eigenvalue weighted by Crippen LogP contribution is 2.26. The summed E-state index contributed by atoms with van der Waals surface area (Å²) in [5, 5.41) is 9.02. The van der Waals surface area contributed by atoms with E-state index >= 15 is 0 Å². The van der Waals surface area contributed by atoms with Crippen LogP contribution in [-0.4, -0.2) is 41.7 Å². The van der Waals surface area contributed by atoms with E-state index in [1.807, 2.05) is 11.8 Å². The van der Waals surface area contributed by atoms with Crippen molar-refractivity contribution in [3.05, 3.63) is 35.1 Å². The third-order valence-electron chi connectivity index (χ3n) is 4.43. The molecule has 2 saturated heterocycles. The topological polar surface area (TPSA) is 36.3 Å². The number of ether oxygens (including phenoxy) is 1. The summed E-state index contributed by atoms with van der Waals surface area (Å²) >= 11 is 1.96. The lowest BCUT2D eigenvalue weighted by Crippen LogP contribution is -2.40. The number of halogens is 1. The zero-order valence-corrected chi connectivity index (χ0v) is 13.4. The minimum absolute atomic E-state index is 0.220. The molecule has 2 aliphatic heterocycles. The van der Waals surface area contributed by atoms with Gasteiger partial charge in [0.1, 0.15) is 5.82 Å². The van der Waals surface area contributed by atoms with Crippen molar-refractivity contribution in [1.29, 1.82) is 5.26 Å². The molecular formula is C17H21FN2OS. The molecular weight excluding hydrogens is 299 g/mol. The fraction of sp³-hybridized carbons (Fsp3) is 0.588. The summed E-state index contributed by atoms with van der Waals surface area (Å²) in [6.07, 6.45) is 3.64. The van der Waals surface area contributed by atoms with E-state index in [2.05, 4.69) is 11.0 Å². The van der Waals surface area contributed by atoms with E-state index in [1.54, 1.807) is 6.07 Å². The highest BCUT2D eigenvalue weighted by atomic mass is 32.2. The van der Waals surface area contributed by atoms with Gasteiger partial charge in [-0.3, -0.25) is 4.90 Å². The molecule has 2 heterocycles. The molecule has 0 N–H and O–H groups in total. The third-order valence-corrected chi connectivity index (χ3v) is 5.58. The van der Waals surface area contributed by atoms with Crippen molar-refractivity contribution in [2.24, 2.45) is 0 Å².